The van der Waals surface area contributed by atoms with Gasteiger partial charge in [-0.05, 0) is 68.5 Å². The number of carbonyl (C=O) groups is 2. The van der Waals surface area contributed by atoms with Gasteiger partial charge in [0.2, 0.25) is 11.8 Å². The molecule has 0 aliphatic carbocycles. The van der Waals surface area contributed by atoms with E-state index in [2.05, 4.69) is 146 Å². The van der Waals surface area contributed by atoms with Crippen molar-refractivity contribution in [1.82, 2.24) is 24.3 Å². The van der Waals surface area contributed by atoms with Gasteiger partial charge >= 0.3 is 0 Å². The van der Waals surface area contributed by atoms with Crippen molar-refractivity contribution < 1.29 is 14.2 Å². The van der Waals surface area contributed by atoms with Crippen LogP contribution in [0.3, 0.4) is 0 Å². The summed E-state index contributed by atoms with van der Waals surface area (Å²) in [5, 5.41) is 8.42. The second kappa shape index (κ2) is 19.4. The van der Waals surface area contributed by atoms with E-state index < -0.39 is 0 Å². The molecule has 0 fully saturated rings. The number of aromatic nitrogens is 4. The SMILES string of the molecule is CN=C(/C=C/c1c(C)n(CC(=O)NCCSSCCNC(=O)Cn2c(C)c(/C=C/c3n(C)c4ccccc4[n+]3C)c3ccccc32)c2ccccc12)N(C)c1ccccc1. The first-order chi connectivity index (χ1) is 29.2. The van der Waals surface area contributed by atoms with Crippen LogP contribution in [0.15, 0.2) is 114 Å². The highest BCUT2D eigenvalue weighted by Crippen LogP contribution is 2.29. The molecule has 0 spiro atoms. The molecule has 3 aromatic heterocycles. The molecule has 4 aromatic carbocycles. The highest BCUT2D eigenvalue weighted by atomic mass is 33.1. The number of imidazole rings is 1. The lowest BCUT2D eigenvalue weighted by Crippen LogP contribution is -2.30. The minimum Gasteiger partial charge on any atom is -0.354 e. The Balaban J connectivity index is 0.869. The summed E-state index contributed by atoms with van der Waals surface area (Å²) in [6.07, 6.45) is 8.45. The van der Waals surface area contributed by atoms with Crippen LogP contribution in [-0.2, 0) is 36.8 Å². The molecule has 0 atom stereocenters. The fraction of sp³-hybridized carbons (Fsp3) is 0.250. The van der Waals surface area contributed by atoms with Gasteiger partial charge in [0.05, 0.1) is 14.1 Å². The van der Waals surface area contributed by atoms with Gasteiger partial charge in [0.1, 0.15) is 18.9 Å². The Morgan fingerprint density at radius 3 is 1.75 bits per heavy atom. The lowest BCUT2D eigenvalue weighted by atomic mass is 10.1. The molecule has 0 saturated carbocycles. The summed E-state index contributed by atoms with van der Waals surface area (Å²) in [4.78, 5) is 32.9. The Morgan fingerprint density at radius 2 is 1.20 bits per heavy atom. The van der Waals surface area contributed by atoms with E-state index in [0.29, 0.717) is 13.1 Å². The van der Waals surface area contributed by atoms with E-state index in [1.807, 2.05) is 55.6 Å². The number of amides is 2. The van der Waals surface area contributed by atoms with Gasteiger partial charge in [-0.2, -0.15) is 0 Å². The number of rotatable bonds is 16. The molecule has 3 heterocycles. The quantitative estimate of drug-likeness (QED) is 0.0337. The van der Waals surface area contributed by atoms with E-state index in [-0.39, 0.29) is 24.9 Å². The smallest absolute Gasteiger partial charge is 0.281 e. The number of nitrogens with zero attached hydrogens (tertiary/aromatic N) is 6. The second-order valence-corrected chi connectivity index (χ2v) is 17.4. The largest absolute Gasteiger partial charge is 0.354 e. The molecule has 0 bridgehead atoms. The van der Waals surface area contributed by atoms with Crippen LogP contribution < -0.4 is 20.1 Å². The number of likely N-dealkylation sites (N-methyl/N-ethyl adjacent to an activating group) is 1. The molecule has 0 saturated heterocycles. The third-order valence-electron chi connectivity index (χ3n) is 11.1. The fourth-order valence-corrected chi connectivity index (χ4v) is 9.70. The van der Waals surface area contributed by atoms with Crippen LogP contribution >= 0.6 is 21.6 Å². The highest BCUT2D eigenvalue weighted by Gasteiger charge is 2.19. The topological polar surface area (TPSA) is 92.5 Å². The Hall–Kier alpha value is -5.98. The third kappa shape index (κ3) is 9.09. The average Bonchev–Trinajstić information content (AvgIpc) is 3.79. The third-order valence-corrected chi connectivity index (χ3v) is 13.5. The van der Waals surface area contributed by atoms with Crippen LogP contribution in [-0.4, -0.2) is 70.0 Å². The van der Waals surface area contributed by atoms with Gasteiger partial charge < -0.3 is 24.7 Å². The highest BCUT2D eigenvalue weighted by molar-refractivity contribution is 8.76. The molecule has 12 heteroatoms. The number of anilines is 1. The van der Waals surface area contributed by atoms with Gasteiger partial charge in [0.25, 0.3) is 5.82 Å². The molecule has 0 unspecified atom stereocenters. The van der Waals surface area contributed by atoms with E-state index in [9.17, 15) is 9.59 Å². The maximum atomic E-state index is 13.2. The van der Waals surface area contributed by atoms with Gasteiger partial charge in [-0.1, -0.05) is 88.3 Å². The summed E-state index contributed by atoms with van der Waals surface area (Å²) < 4.78 is 8.59. The van der Waals surface area contributed by atoms with Crippen LogP contribution in [0.4, 0.5) is 5.69 Å². The zero-order valence-electron chi connectivity index (χ0n) is 35.2. The molecular weight excluding hydrogens is 785 g/mol. The van der Waals surface area contributed by atoms with Crippen molar-refractivity contribution in [3.05, 3.63) is 138 Å². The zero-order chi connectivity index (χ0) is 42.2. The number of aryl methyl sites for hydroxylation is 2. The molecular formula is C48H53N8O2S2+. The molecule has 308 valence electrons. The van der Waals surface area contributed by atoms with Crippen molar-refractivity contribution in [3.63, 3.8) is 0 Å². The fourth-order valence-electron chi connectivity index (χ4n) is 7.89. The number of amidine groups is 1. The van der Waals surface area contributed by atoms with Crippen molar-refractivity contribution >= 4 is 96.0 Å². The molecule has 7 rings (SSSR count). The summed E-state index contributed by atoms with van der Waals surface area (Å²) in [6.45, 7) is 5.76. The molecule has 10 nitrogen and oxygen atoms in total. The van der Waals surface area contributed by atoms with Gasteiger partial charge in [-0.25, -0.2) is 9.13 Å². The first-order valence-electron chi connectivity index (χ1n) is 20.2. The van der Waals surface area contributed by atoms with Crippen molar-refractivity contribution in [2.75, 3.05) is 43.6 Å². The standard InChI is InChI=1S/C48H52N8O2S2/c1-34-37(24-26-45(49-3)52(4)36-16-8-7-9-17-36)39-18-10-12-20-41(39)55(34)32-46(57)50-28-30-59-60-31-29-51-47(58)33-56-35(2)38(40-19-11-13-21-42(40)56)25-27-48-53(5)43-22-14-15-23-44(43)54(48)6/h7-27H,28-33H2,1-6H3,(H-,50,51,57,58)/p+1/b26-24+,49-45?. The predicted molar refractivity (Wildman–Crippen MR) is 255 cm³/mol. The Labute approximate surface area is 360 Å². The minimum absolute atomic E-state index is 0.0164. The van der Waals surface area contributed by atoms with Crippen LogP contribution in [0.1, 0.15) is 28.3 Å². The van der Waals surface area contributed by atoms with Crippen LogP contribution in [0.2, 0.25) is 0 Å². The van der Waals surface area contributed by atoms with Gasteiger partial charge in [0, 0.05) is 94.8 Å². The van der Waals surface area contributed by atoms with Crippen LogP contribution in [0, 0.1) is 13.8 Å². The number of hydrogen-bond donors (Lipinski definition) is 2. The maximum Gasteiger partial charge on any atom is 0.281 e. The normalized spacial score (nSPS) is 12.1. The van der Waals surface area contributed by atoms with Crippen LogP contribution in [0.25, 0.3) is 51.1 Å². The summed E-state index contributed by atoms with van der Waals surface area (Å²) in [5.41, 5.74) is 9.73. The van der Waals surface area contributed by atoms with Gasteiger partial charge in [-0.15, -0.1) is 0 Å². The zero-order valence-corrected chi connectivity index (χ0v) is 36.8. The molecule has 2 amide bonds. The summed E-state index contributed by atoms with van der Waals surface area (Å²) >= 11 is 0. The van der Waals surface area contributed by atoms with Gasteiger partial charge in [-0.3, -0.25) is 14.6 Å². The van der Waals surface area contributed by atoms with E-state index in [1.54, 1.807) is 28.6 Å². The lowest BCUT2D eigenvalue weighted by molar-refractivity contribution is -0.647. The molecule has 7 aromatic rings. The lowest BCUT2D eigenvalue weighted by Gasteiger charge is -2.18. The van der Waals surface area contributed by atoms with E-state index >= 15 is 0 Å². The summed E-state index contributed by atoms with van der Waals surface area (Å²) in [5.74, 6) is 3.41. The number of benzene rings is 4. The Bertz CT molecular complexity index is 2700. The maximum absolute atomic E-state index is 13.2. The Kier molecular flexibility index (Phi) is 13.6. The van der Waals surface area contributed by atoms with Crippen molar-refractivity contribution in [2.24, 2.45) is 19.1 Å². The monoisotopic (exact) mass is 837 g/mol. The number of fused-ring (bicyclic) bond motifs is 3. The first-order valence-corrected chi connectivity index (χ1v) is 22.6. The van der Waals surface area contributed by atoms with E-state index in [1.165, 1.54) is 11.0 Å². The number of para-hydroxylation sites is 5. The number of aliphatic imine (C=N–C) groups is 1. The Morgan fingerprint density at radius 1 is 0.700 bits per heavy atom. The number of nitrogens with one attached hydrogen (secondary N) is 2. The number of carbonyl (C=O) groups excluding carboxylic acids is 2. The van der Waals surface area contributed by atoms with Crippen molar-refractivity contribution in [1.29, 1.82) is 0 Å². The van der Waals surface area contributed by atoms with Crippen molar-refractivity contribution in [3.8, 4) is 0 Å². The average molecular weight is 838 g/mol. The van der Waals surface area contributed by atoms with E-state index in [0.717, 1.165) is 73.2 Å². The first kappa shape index (κ1) is 42.2. The predicted octanol–water partition coefficient (Wildman–Crippen LogP) is 8.19. The molecule has 2 N–H and O–H groups in total. The summed E-state index contributed by atoms with van der Waals surface area (Å²) in [7, 11) is 11.4. The molecule has 0 radical (unpaired) electrons. The molecule has 60 heavy (non-hydrogen) atoms. The minimum atomic E-state index is -0.0270. The molecule has 0 aliphatic heterocycles. The summed E-state index contributed by atoms with van der Waals surface area (Å²) in [6, 6.07) is 35.0. The molecule has 0 aliphatic rings. The number of hydrogen-bond acceptors (Lipinski definition) is 5. The van der Waals surface area contributed by atoms with Gasteiger partial charge in [0.15, 0.2) is 11.0 Å². The van der Waals surface area contributed by atoms with Crippen molar-refractivity contribution in [2.45, 2.75) is 26.9 Å². The second-order valence-electron chi connectivity index (χ2n) is 14.7. The van der Waals surface area contributed by atoms with E-state index in [4.69, 9.17) is 0 Å². The van der Waals surface area contributed by atoms with Crippen LogP contribution in [0.5, 0.6) is 0 Å².